The Bertz CT molecular complexity index is 893. The molecule has 0 amide bonds. The third kappa shape index (κ3) is 17.1. The molecule has 1 unspecified atom stereocenters. The highest BCUT2D eigenvalue weighted by molar-refractivity contribution is 5.91. The third-order valence-electron chi connectivity index (χ3n) is 7.31. The van der Waals surface area contributed by atoms with Crippen molar-refractivity contribution in [3.63, 3.8) is 0 Å². The highest BCUT2D eigenvalue weighted by atomic mass is 16.5. The zero-order valence-electron chi connectivity index (χ0n) is 26.2. The number of carbonyl (C=O) groups excluding carboxylic acids is 1. The lowest BCUT2D eigenvalue weighted by atomic mass is 10.1. The summed E-state index contributed by atoms with van der Waals surface area (Å²) in [5, 5.41) is 0. The van der Waals surface area contributed by atoms with Gasteiger partial charge in [0.05, 0.1) is 24.9 Å². The van der Waals surface area contributed by atoms with Gasteiger partial charge >= 0.3 is 5.97 Å². The number of unbranched alkanes of at least 4 members (excludes halogenated alkanes) is 12. The van der Waals surface area contributed by atoms with Gasteiger partial charge in [0, 0.05) is 6.61 Å². The van der Waals surface area contributed by atoms with Gasteiger partial charge in [0.25, 0.3) is 0 Å². The van der Waals surface area contributed by atoms with E-state index in [-0.39, 0.29) is 5.97 Å². The van der Waals surface area contributed by atoms with Gasteiger partial charge in [0.2, 0.25) is 0 Å². The van der Waals surface area contributed by atoms with Gasteiger partial charge in [-0.15, -0.1) is 0 Å². The smallest absolute Gasteiger partial charge is 0.343 e. The average Bonchev–Trinajstić information content (AvgIpc) is 2.99. The fourth-order valence-electron chi connectivity index (χ4n) is 4.68. The number of ether oxygens (including phenoxy) is 4. The zero-order valence-corrected chi connectivity index (χ0v) is 26.2. The van der Waals surface area contributed by atoms with E-state index in [2.05, 4.69) is 20.8 Å². The zero-order chi connectivity index (χ0) is 29.4. The second kappa shape index (κ2) is 23.1. The molecule has 0 saturated heterocycles. The van der Waals surface area contributed by atoms with Gasteiger partial charge < -0.3 is 18.9 Å². The van der Waals surface area contributed by atoms with Crippen molar-refractivity contribution in [1.82, 2.24) is 0 Å². The molecule has 2 rings (SSSR count). The van der Waals surface area contributed by atoms with E-state index < -0.39 is 0 Å². The van der Waals surface area contributed by atoms with Crippen molar-refractivity contribution in [2.75, 3.05) is 19.8 Å². The van der Waals surface area contributed by atoms with Crippen molar-refractivity contribution in [2.45, 2.75) is 130 Å². The molecule has 0 aliphatic rings. The van der Waals surface area contributed by atoms with E-state index in [1.165, 1.54) is 70.6 Å². The van der Waals surface area contributed by atoms with Gasteiger partial charge in [-0.05, 0) is 87.6 Å². The minimum Gasteiger partial charge on any atom is -0.494 e. The molecule has 0 radical (unpaired) electrons. The predicted octanol–water partition coefficient (Wildman–Crippen LogP) is 10.3. The minimum absolute atomic E-state index is 0.336. The number of rotatable bonds is 25. The van der Waals surface area contributed by atoms with Crippen LogP contribution in [0, 0.1) is 0 Å². The van der Waals surface area contributed by atoms with E-state index >= 15 is 0 Å². The molecule has 5 heteroatoms. The van der Waals surface area contributed by atoms with Gasteiger partial charge in [-0.3, -0.25) is 0 Å². The molecule has 230 valence electrons. The van der Waals surface area contributed by atoms with Crippen LogP contribution in [0.3, 0.4) is 0 Å². The van der Waals surface area contributed by atoms with E-state index in [9.17, 15) is 4.79 Å². The predicted molar refractivity (Wildman–Crippen MR) is 169 cm³/mol. The van der Waals surface area contributed by atoms with Crippen molar-refractivity contribution >= 4 is 5.97 Å². The van der Waals surface area contributed by atoms with E-state index in [1.54, 1.807) is 24.3 Å². The Hall–Kier alpha value is -2.53. The van der Waals surface area contributed by atoms with Crippen molar-refractivity contribution in [1.29, 1.82) is 0 Å². The molecule has 0 fully saturated rings. The second-order valence-corrected chi connectivity index (χ2v) is 11.1. The van der Waals surface area contributed by atoms with Crippen molar-refractivity contribution in [3.05, 3.63) is 54.1 Å². The Balaban J connectivity index is 1.53. The van der Waals surface area contributed by atoms with Crippen molar-refractivity contribution in [3.8, 4) is 17.2 Å². The van der Waals surface area contributed by atoms with Gasteiger partial charge in [-0.1, -0.05) is 84.5 Å². The Morgan fingerprint density at radius 2 is 1.00 bits per heavy atom. The maximum absolute atomic E-state index is 12.5. The maximum atomic E-state index is 12.5. The molecule has 1 atom stereocenters. The van der Waals surface area contributed by atoms with Gasteiger partial charge in [0.1, 0.15) is 17.2 Å². The van der Waals surface area contributed by atoms with Crippen molar-refractivity contribution in [2.24, 2.45) is 0 Å². The Labute approximate surface area is 250 Å². The molecule has 0 aromatic heterocycles. The number of hydrogen-bond acceptors (Lipinski definition) is 5. The number of benzene rings is 2. The van der Waals surface area contributed by atoms with Gasteiger partial charge in [-0.25, -0.2) is 4.79 Å². The third-order valence-corrected chi connectivity index (χ3v) is 7.31. The standard InChI is InChI=1S/C36H56O5/c1-4-6-8-10-12-16-28-38-31(3)19-15-14-18-30-40-34-24-26-35(27-25-34)41-36(37)32-20-22-33(23-21-32)39-29-17-13-11-9-7-5-2/h20-27,31H,4-19,28-30H2,1-3H3. The summed E-state index contributed by atoms with van der Waals surface area (Å²) in [6.07, 6.45) is 20.0. The molecule has 0 spiro atoms. The number of carbonyl (C=O) groups is 1. The molecule has 0 bridgehead atoms. The van der Waals surface area contributed by atoms with Crippen LogP contribution >= 0.6 is 0 Å². The lowest BCUT2D eigenvalue weighted by molar-refractivity contribution is 0.0555. The molecule has 0 aliphatic heterocycles. The van der Waals surface area contributed by atoms with E-state index in [0.717, 1.165) is 50.2 Å². The summed E-state index contributed by atoms with van der Waals surface area (Å²) in [6.45, 7) is 8.94. The van der Waals surface area contributed by atoms with Crippen LogP contribution in [0.2, 0.25) is 0 Å². The van der Waals surface area contributed by atoms with Gasteiger partial charge in [-0.2, -0.15) is 0 Å². The maximum Gasteiger partial charge on any atom is 0.343 e. The molecule has 0 saturated carbocycles. The summed E-state index contributed by atoms with van der Waals surface area (Å²) in [5.41, 5.74) is 0.499. The van der Waals surface area contributed by atoms with Crippen LogP contribution in [0.1, 0.15) is 134 Å². The normalized spacial score (nSPS) is 11.8. The molecule has 41 heavy (non-hydrogen) atoms. The average molecular weight is 569 g/mol. The van der Waals surface area contributed by atoms with Crippen LogP contribution in [0.25, 0.3) is 0 Å². The highest BCUT2D eigenvalue weighted by Crippen LogP contribution is 2.20. The van der Waals surface area contributed by atoms with Crippen LogP contribution in [-0.2, 0) is 4.74 Å². The second-order valence-electron chi connectivity index (χ2n) is 11.1. The summed E-state index contributed by atoms with van der Waals surface area (Å²) in [6, 6.07) is 14.4. The van der Waals surface area contributed by atoms with Crippen LogP contribution in [0.15, 0.2) is 48.5 Å². The minimum atomic E-state index is -0.383. The molecule has 0 N–H and O–H groups in total. The summed E-state index contributed by atoms with van der Waals surface area (Å²) >= 11 is 0. The summed E-state index contributed by atoms with van der Waals surface area (Å²) < 4.78 is 23.2. The molecule has 0 heterocycles. The van der Waals surface area contributed by atoms with E-state index in [4.69, 9.17) is 18.9 Å². The number of hydrogen-bond donors (Lipinski definition) is 0. The first kappa shape index (κ1) is 34.7. The largest absolute Gasteiger partial charge is 0.494 e. The Morgan fingerprint density at radius 3 is 1.56 bits per heavy atom. The molecular weight excluding hydrogens is 512 g/mol. The first-order chi connectivity index (χ1) is 20.1. The van der Waals surface area contributed by atoms with E-state index in [0.29, 0.717) is 30.6 Å². The summed E-state index contributed by atoms with van der Waals surface area (Å²) in [4.78, 5) is 12.5. The first-order valence-electron chi connectivity index (χ1n) is 16.4. The molecule has 2 aromatic carbocycles. The highest BCUT2D eigenvalue weighted by Gasteiger charge is 2.09. The quantitative estimate of drug-likeness (QED) is 0.0677. The number of esters is 1. The van der Waals surface area contributed by atoms with E-state index in [1.807, 2.05) is 24.3 Å². The lowest BCUT2D eigenvalue weighted by Gasteiger charge is -2.13. The van der Waals surface area contributed by atoms with Crippen molar-refractivity contribution < 1.29 is 23.7 Å². The fourth-order valence-corrected chi connectivity index (χ4v) is 4.68. The lowest BCUT2D eigenvalue weighted by Crippen LogP contribution is -2.09. The van der Waals surface area contributed by atoms with Crippen LogP contribution in [0.4, 0.5) is 0 Å². The first-order valence-corrected chi connectivity index (χ1v) is 16.4. The molecule has 2 aromatic rings. The Kier molecular flexibility index (Phi) is 19.5. The van der Waals surface area contributed by atoms with Gasteiger partial charge in [0.15, 0.2) is 0 Å². The Morgan fingerprint density at radius 1 is 0.561 bits per heavy atom. The topological polar surface area (TPSA) is 54.0 Å². The van der Waals surface area contributed by atoms with Crippen LogP contribution in [0.5, 0.6) is 17.2 Å². The molecule has 5 nitrogen and oxygen atoms in total. The summed E-state index contributed by atoms with van der Waals surface area (Å²) in [7, 11) is 0. The van der Waals surface area contributed by atoms with Crippen LogP contribution < -0.4 is 14.2 Å². The molecule has 0 aliphatic carbocycles. The monoisotopic (exact) mass is 568 g/mol. The van der Waals surface area contributed by atoms with Crippen LogP contribution in [-0.4, -0.2) is 31.9 Å². The summed E-state index contributed by atoms with van der Waals surface area (Å²) in [5.74, 6) is 1.68. The SMILES string of the molecule is CCCCCCCCOc1ccc(C(=O)Oc2ccc(OCCCCCC(C)OCCCCCCCC)cc2)cc1. The molecular formula is C36H56O5. The fraction of sp³-hybridized carbons (Fsp3) is 0.639.